The largest absolute Gasteiger partial charge is 0.355 e. The average molecular weight is 349 g/mol. The minimum atomic E-state index is -0.228. The zero-order chi connectivity index (χ0) is 17.5. The van der Waals surface area contributed by atoms with Gasteiger partial charge in [0.25, 0.3) is 5.56 Å². The van der Waals surface area contributed by atoms with Gasteiger partial charge in [-0.25, -0.2) is 4.68 Å². The van der Waals surface area contributed by atoms with Gasteiger partial charge < -0.3 is 10.2 Å². The van der Waals surface area contributed by atoms with Crippen LogP contribution in [0.5, 0.6) is 0 Å². The van der Waals surface area contributed by atoms with Crippen LogP contribution in [0.15, 0.2) is 41.2 Å². The maximum Gasteiger partial charge on any atom is 0.266 e. The van der Waals surface area contributed by atoms with Crippen LogP contribution in [0.4, 0.5) is 0 Å². The number of hydrogen-bond donors (Lipinski definition) is 1. The van der Waals surface area contributed by atoms with E-state index in [4.69, 9.17) is 11.6 Å². The van der Waals surface area contributed by atoms with Gasteiger partial charge >= 0.3 is 0 Å². The Labute approximate surface area is 146 Å². The first-order chi connectivity index (χ1) is 11.5. The van der Waals surface area contributed by atoms with E-state index in [0.29, 0.717) is 17.3 Å². The van der Waals surface area contributed by atoms with Crippen LogP contribution in [0.1, 0.15) is 6.42 Å². The van der Waals surface area contributed by atoms with Crippen molar-refractivity contribution in [3.05, 3.63) is 51.8 Å². The summed E-state index contributed by atoms with van der Waals surface area (Å²) in [7, 11) is 3.88. The van der Waals surface area contributed by atoms with Gasteiger partial charge in [0.05, 0.1) is 12.2 Å². The lowest BCUT2D eigenvalue weighted by molar-refractivity contribution is -0.121. The van der Waals surface area contributed by atoms with Gasteiger partial charge in [-0.15, -0.1) is 0 Å². The van der Waals surface area contributed by atoms with Gasteiger partial charge in [-0.05, 0) is 32.3 Å². The molecular formula is C17H21ClN4O2. The second kappa shape index (κ2) is 8.61. The molecule has 24 heavy (non-hydrogen) atoms. The molecule has 7 heteroatoms. The third kappa shape index (κ3) is 5.47. The number of hydrogen-bond acceptors (Lipinski definition) is 4. The lowest BCUT2D eigenvalue weighted by atomic mass is 10.1. The molecule has 0 spiro atoms. The molecular weight excluding hydrogens is 328 g/mol. The van der Waals surface area contributed by atoms with Crippen molar-refractivity contribution < 1.29 is 4.79 Å². The van der Waals surface area contributed by atoms with Crippen LogP contribution in [0.3, 0.4) is 0 Å². The van der Waals surface area contributed by atoms with Gasteiger partial charge in [0.15, 0.2) is 0 Å². The highest BCUT2D eigenvalue weighted by Gasteiger charge is 2.06. The predicted molar refractivity (Wildman–Crippen MR) is 95.1 cm³/mol. The average Bonchev–Trinajstić information content (AvgIpc) is 2.54. The molecule has 0 aliphatic carbocycles. The zero-order valence-electron chi connectivity index (χ0n) is 13.8. The summed E-state index contributed by atoms with van der Waals surface area (Å²) in [6.07, 6.45) is 0.213. The number of nitrogens with zero attached hydrogens (tertiary/aromatic N) is 3. The van der Waals surface area contributed by atoms with Crippen molar-refractivity contribution in [2.45, 2.75) is 13.0 Å². The third-order valence-corrected chi connectivity index (χ3v) is 3.69. The van der Waals surface area contributed by atoms with E-state index in [-0.39, 0.29) is 24.4 Å². The number of halogens is 1. The Morgan fingerprint density at radius 1 is 1.21 bits per heavy atom. The van der Waals surface area contributed by atoms with Gasteiger partial charge in [0.2, 0.25) is 5.91 Å². The SMILES string of the molecule is CN(C)CCNC(=O)CCn1nc(-c2ccc(Cl)cc2)ccc1=O. The Hall–Kier alpha value is -2.18. The van der Waals surface area contributed by atoms with E-state index in [1.165, 1.54) is 10.7 Å². The summed E-state index contributed by atoms with van der Waals surface area (Å²) in [6.45, 7) is 1.60. The molecule has 0 aliphatic rings. The van der Waals surface area contributed by atoms with Crippen LogP contribution < -0.4 is 10.9 Å². The van der Waals surface area contributed by atoms with Crippen molar-refractivity contribution in [2.24, 2.45) is 0 Å². The van der Waals surface area contributed by atoms with Gasteiger partial charge in [-0.3, -0.25) is 9.59 Å². The molecule has 128 valence electrons. The van der Waals surface area contributed by atoms with Crippen LogP contribution in [-0.4, -0.2) is 47.8 Å². The molecule has 0 aliphatic heterocycles. The molecule has 1 amide bonds. The topological polar surface area (TPSA) is 67.2 Å². The number of likely N-dealkylation sites (N-methyl/N-ethyl adjacent to an activating group) is 1. The maximum atomic E-state index is 11.9. The third-order valence-electron chi connectivity index (χ3n) is 3.44. The van der Waals surface area contributed by atoms with Crippen LogP contribution in [0.2, 0.25) is 5.02 Å². The summed E-state index contributed by atoms with van der Waals surface area (Å²) in [5, 5.41) is 7.78. The first kappa shape index (κ1) is 18.2. The molecule has 0 atom stereocenters. The molecule has 1 N–H and O–H groups in total. The maximum absolute atomic E-state index is 11.9. The number of aryl methyl sites for hydroxylation is 1. The summed E-state index contributed by atoms with van der Waals surface area (Å²) in [4.78, 5) is 25.7. The first-order valence-corrected chi connectivity index (χ1v) is 8.09. The molecule has 6 nitrogen and oxygen atoms in total. The Bertz CT molecular complexity index is 741. The van der Waals surface area contributed by atoms with Crippen molar-refractivity contribution in [1.29, 1.82) is 0 Å². The monoisotopic (exact) mass is 348 g/mol. The minimum Gasteiger partial charge on any atom is -0.355 e. The minimum absolute atomic E-state index is 0.0950. The lowest BCUT2D eigenvalue weighted by Gasteiger charge is -2.11. The van der Waals surface area contributed by atoms with Crippen molar-refractivity contribution in [1.82, 2.24) is 20.0 Å². The van der Waals surface area contributed by atoms with Gasteiger partial charge in [-0.2, -0.15) is 5.10 Å². The van der Waals surface area contributed by atoms with Crippen molar-refractivity contribution >= 4 is 17.5 Å². The molecule has 2 rings (SSSR count). The number of nitrogens with one attached hydrogen (secondary N) is 1. The van der Waals surface area contributed by atoms with E-state index in [1.807, 2.05) is 31.1 Å². The first-order valence-electron chi connectivity index (χ1n) is 7.71. The van der Waals surface area contributed by atoms with E-state index in [9.17, 15) is 9.59 Å². The highest BCUT2D eigenvalue weighted by Crippen LogP contribution is 2.18. The highest BCUT2D eigenvalue weighted by molar-refractivity contribution is 6.30. The van der Waals surface area contributed by atoms with Gasteiger partial charge in [0.1, 0.15) is 0 Å². The van der Waals surface area contributed by atoms with Crippen LogP contribution >= 0.6 is 11.6 Å². The number of carbonyl (C=O) groups is 1. The summed E-state index contributed by atoms with van der Waals surface area (Å²) < 4.78 is 1.31. The lowest BCUT2D eigenvalue weighted by Crippen LogP contribution is -2.33. The summed E-state index contributed by atoms with van der Waals surface area (Å²) in [6, 6.07) is 10.3. The summed E-state index contributed by atoms with van der Waals surface area (Å²) >= 11 is 5.88. The number of rotatable bonds is 7. The molecule has 0 fully saturated rings. The Morgan fingerprint density at radius 3 is 2.58 bits per heavy atom. The van der Waals surface area contributed by atoms with Crippen LogP contribution in [-0.2, 0) is 11.3 Å². The molecule has 0 saturated heterocycles. The van der Waals surface area contributed by atoms with Crippen molar-refractivity contribution in [3.63, 3.8) is 0 Å². The zero-order valence-corrected chi connectivity index (χ0v) is 14.6. The van der Waals surface area contributed by atoms with Gasteiger partial charge in [0, 0.05) is 36.2 Å². The van der Waals surface area contributed by atoms with Crippen molar-refractivity contribution in [3.8, 4) is 11.3 Å². The molecule has 0 saturated carbocycles. The van der Waals surface area contributed by atoms with Gasteiger partial charge in [-0.1, -0.05) is 23.7 Å². The summed E-state index contributed by atoms with van der Waals surface area (Å²) in [5.74, 6) is -0.0950. The molecule has 2 aromatic rings. The normalized spacial score (nSPS) is 10.8. The Kier molecular flexibility index (Phi) is 6.52. The summed E-state index contributed by atoms with van der Waals surface area (Å²) in [5.41, 5.74) is 1.30. The Morgan fingerprint density at radius 2 is 1.92 bits per heavy atom. The van der Waals surface area contributed by atoms with Crippen LogP contribution in [0, 0.1) is 0 Å². The number of aromatic nitrogens is 2. The second-order valence-electron chi connectivity index (χ2n) is 5.69. The molecule has 1 aromatic carbocycles. The van der Waals surface area contributed by atoms with E-state index in [1.54, 1.807) is 18.2 Å². The molecule has 0 radical (unpaired) electrons. The number of benzene rings is 1. The molecule has 1 aromatic heterocycles. The second-order valence-corrected chi connectivity index (χ2v) is 6.13. The fourth-order valence-electron chi connectivity index (χ4n) is 2.10. The standard InChI is InChI=1S/C17H21ClN4O2/c1-21(2)12-10-19-16(23)9-11-22-17(24)8-7-15(20-22)13-3-5-14(18)6-4-13/h3-8H,9-12H2,1-2H3,(H,19,23). The van der Waals surface area contributed by atoms with Crippen molar-refractivity contribution in [2.75, 3.05) is 27.2 Å². The van der Waals surface area contributed by atoms with E-state index >= 15 is 0 Å². The molecule has 0 bridgehead atoms. The smallest absolute Gasteiger partial charge is 0.266 e. The Balaban J connectivity index is 2.00. The molecule has 1 heterocycles. The number of amides is 1. The fourth-order valence-corrected chi connectivity index (χ4v) is 2.22. The molecule has 0 unspecified atom stereocenters. The van der Waals surface area contributed by atoms with E-state index in [0.717, 1.165) is 12.1 Å². The van der Waals surface area contributed by atoms with Crippen LogP contribution in [0.25, 0.3) is 11.3 Å². The predicted octanol–water partition coefficient (Wildman–Crippen LogP) is 1.63. The highest BCUT2D eigenvalue weighted by atomic mass is 35.5. The number of carbonyl (C=O) groups excluding carboxylic acids is 1. The quantitative estimate of drug-likeness (QED) is 0.826. The van der Waals surface area contributed by atoms with E-state index in [2.05, 4.69) is 10.4 Å². The van der Waals surface area contributed by atoms with E-state index < -0.39 is 0 Å². The fraction of sp³-hybridized carbons (Fsp3) is 0.353.